The summed E-state index contributed by atoms with van der Waals surface area (Å²) in [6, 6.07) is 10.1. The molecule has 0 amide bonds. The molecule has 5 nitrogen and oxygen atoms in total. The van der Waals surface area contributed by atoms with Crippen LogP contribution in [0.4, 0.5) is 0 Å². The number of nitrogens with one attached hydrogen (secondary N) is 1. The van der Waals surface area contributed by atoms with Crippen LogP contribution >= 0.6 is 0 Å². The third-order valence-electron chi connectivity index (χ3n) is 3.35. The number of hydrogen-bond donors (Lipinski definition) is 1. The second kappa shape index (κ2) is 7.96. The first kappa shape index (κ1) is 16.5. The fraction of sp³-hybridized carbons (Fsp3) is 0.471. The number of hydrogen-bond acceptors (Lipinski definition) is 4. The van der Waals surface area contributed by atoms with Gasteiger partial charge in [-0.05, 0) is 58.3 Å². The van der Waals surface area contributed by atoms with Crippen molar-refractivity contribution in [3.8, 4) is 11.4 Å². The molecule has 0 aliphatic rings. The first-order valence-electron chi connectivity index (χ1n) is 7.73. The fourth-order valence-corrected chi connectivity index (χ4v) is 2.28. The van der Waals surface area contributed by atoms with Gasteiger partial charge in [0.25, 0.3) is 0 Å². The van der Waals surface area contributed by atoms with Crippen molar-refractivity contribution >= 4 is 0 Å². The molecule has 0 bridgehead atoms. The van der Waals surface area contributed by atoms with Crippen molar-refractivity contribution in [2.24, 2.45) is 0 Å². The van der Waals surface area contributed by atoms with Crippen LogP contribution in [0.15, 0.2) is 36.5 Å². The molecule has 1 aromatic heterocycles. The third-order valence-corrected chi connectivity index (χ3v) is 3.35. The molecule has 0 fully saturated rings. The molecule has 0 saturated carbocycles. The van der Waals surface area contributed by atoms with Gasteiger partial charge in [0.2, 0.25) is 0 Å². The largest absolute Gasteiger partial charge is 0.491 e. The Balaban J connectivity index is 2.08. The maximum absolute atomic E-state index is 5.68. The topological polar surface area (TPSA) is 42.3 Å². The quantitative estimate of drug-likeness (QED) is 0.812. The molecule has 1 N–H and O–H groups in total. The molecule has 0 spiro atoms. The maximum atomic E-state index is 5.68. The SMILES string of the molecule is CNCCN(C)Cc1ccnn1-c1ccc(OC(C)C)cc1. The Morgan fingerprint density at radius 1 is 1.23 bits per heavy atom. The summed E-state index contributed by atoms with van der Waals surface area (Å²) in [6.45, 7) is 6.90. The normalized spacial score (nSPS) is 11.4. The van der Waals surface area contributed by atoms with Crippen molar-refractivity contribution in [3.63, 3.8) is 0 Å². The smallest absolute Gasteiger partial charge is 0.119 e. The third kappa shape index (κ3) is 4.58. The van der Waals surface area contributed by atoms with Gasteiger partial charge in [-0.15, -0.1) is 0 Å². The van der Waals surface area contributed by atoms with Gasteiger partial charge >= 0.3 is 0 Å². The van der Waals surface area contributed by atoms with Gasteiger partial charge in [-0.1, -0.05) is 0 Å². The van der Waals surface area contributed by atoms with E-state index in [9.17, 15) is 0 Å². The number of aromatic nitrogens is 2. The molecular weight excluding hydrogens is 276 g/mol. The van der Waals surface area contributed by atoms with Gasteiger partial charge < -0.3 is 10.1 Å². The zero-order chi connectivity index (χ0) is 15.9. The summed E-state index contributed by atoms with van der Waals surface area (Å²) in [7, 11) is 4.09. The molecule has 2 rings (SSSR count). The van der Waals surface area contributed by atoms with Crippen molar-refractivity contribution < 1.29 is 4.74 Å². The van der Waals surface area contributed by atoms with E-state index in [1.54, 1.807) is 0 Å². The predicted octanol–water partition coefficient (Wildman–Crippen LogP) is 2.31. The molecule has 0 atom stereocenters. The van der Waals surface area contributed by atoms with E-state index < -0.39 is 0 Å². The van der Waals surface area contributed by atoms with Gasteiger partial charge in [0.1, 0.15) is 5.75 Å². The Bertz CT molecular complexity index is 562. The number of benzene rings is 1. The summed E-state index contributed by atoms with van der Waals surface area (Å²) in [5, 5.41) is 7.61. The van der Waals surface area contributed by atoms with Crippen LogP contribution in [0.25, 0.3) is 5.69 Å². The summed E-state index contributed by atoms with van der Waals surface area (Å²) >= 11 is 0. The van der Waals surface area contributed by atoms with E-state index >= 15 is 0 Å². The average molecular weight is 302 g/mol. The van der Waals surface area contributed by atoms with E-state index in [2.05, 4.69) is 28.4 Å². The molecule has 22 heavy (non-hydrogen) atoms. The Labute approximate surface area is 132 Å². The molecule has 0 aliphatic heterocycles. The van der Waals surface area contributed by atoms with E-state index in [0.29, 0.717) is 0 Å². The molecule has 1 aromatic carbocycles. The van der Waals surface area contributed by atoms with Gasteiger partial charge in [0.15, 0.2) is 0 Å². The zero-order valence-electron chi connectivity index (χ0n) is 13.9. The lowest BCUT2D eigenvalue weighted by Crippen LogP contribution is -2.27. The van der Waals surface area contributed by atoms with Crippen LogP contribution in [0.5, 0.6) is 5.75 Å². The van der Waals surface area contributed by atoms with Gasteiger partial charge in [-0.25, -0.2) is 4.68 Å². The summed E-state index contributed by atoms with van der Waals surface area (Å²) in [6.07, 6.45) is 2.03. The number of rotatable bonds is 8. The van der Waals surface area contributed by atoms with Crippen molar-refractivity contribution in [3.05, 3.63) is 42.2 Å². The van der Waals surface area contributed by atoms with Crippen molar-refractivity contribution in [1.29, 1.82) is 0 Å². The molecule has 1 heterocycles. The van der Waals surface area contributed by atoms with Crippen LogP contribution in [0, 0.1) is 0 Å². The monoisotopic (exact) mass is 302 g/mol. The zero-order valence-corrected chi connectivity index (χ0v) is 13.9. The van der Waals surface area contributed by atoms with Crippen LogP contribution in [0.2, 0.25) is 0 Å². The minimum absolute atomic E-state index is 0.187. The van der Waals surface area contributed by atoms with Crippen LogP contribution in [-0.4, -0.2) is 48.0 Å². The lowest BCUT2D eigenvalue weighted by atomic mass is 10.3. The maximum Gasteiger partial charge on any atom is 0.119 e. The van der Waals surface area contributed by atoms with E-state index in [1.165, 1.54) is 5.69 Å². The van der Waals surface area contributed by atoms with Gasteiger partial charge in [-0.2, -0.15) is 5.10 Å². The fourth-order valence-electron chi connectivity index (χ4n) is 2.28. The van der Waals surface area contributed by atoms with E-state index in [1.807, 2.05) is 56.0 Å². The molecule has 120 valence electrons. The van der Waals surface area contributed by atoms with Crippen LogP contribution in [-0.2, 0) is 6.54 Å². The second-order valence-corrected chi connectivity index (χ2v) is 5.74. The Morgan fingerprint density at radius 2 is 1.95 bits per heavy atom. The first-order valence-corrected chi connectivity index (χ1v) is 7.73. The highest BCUT2D eigenvalue weighted by atomic mass is 16.5. The summed E-state index contributed by atoms with van der Waals surface area (Å²) < 4.78 is 7.66. The number of ether oxygens (including phenoxy) is 1. The summed E-state index contributed by atoms with van der Waals surface area (Å²) in [5.74, 6) is 0.888. The predicted molar refractivity (Wildman–Crippen MR) is 89.6 cm³/mol. The van der Waals surface area contributed by atoms with Gasteiger partial charge in [0, 0.05) is 25.8 Å². The minimum Gasteiger partial charge on any atom is -0.491 e. The van der Waals surface area contributed by atoms with Crippen LogP contribution in [0.3, 0.4) is 0 Å². The minimum atomic E-state index is 0.187. The lowest BCUT2D eigenvalue weighted by Gasteiger charge is -2.17. The highest BCUT2D eigenvalue weighted by Gasteiger charge is 2.08. The highest BCUT2D eigenvalue weighted by molar-refractivity contribution is 5.38. The number of likely N-dealkylation sites (N-methyl/N-ethyl adjacent to an activating group) is 2. The second-order valence-electron chi connectivity index (χ2n) is 5.74. The molecule has 0 saturated heterocycles. The Kier molecular flexibility index (Phi) is 5.98. The van der Waals surface area contributed by atoms with E-state index in [0.717, 1.165) is 31.1 Å². The molecule has 2 aromatic rings. The van der Waals surface area contributed by atoms with Crippen LogP contribution in [0.1, 0.15) is 19.5 Å². The van der Waals surface area contributed by atoms with Crippen molar-refractivity contribution in [2.75, 3.05) is 27.2 Å². The molecular formula is C17H26N4O. The molecule has 5 heteroatoms. The summed E-state index contributed by atoms with van der Waals surface area (Å²) in [4.78, 5) is 2.28. The van der Waals surface area contributed by atoms with Gasteiger partial charge in [0.05, 0.1) is 17.5 Å². The highest BCUT2D eigenvalue weighted by Crippen LogP contribution is 2.18. The van der Waals surface area contributed by atoms with Crippen molar-refractivity contribution in [2.45, 2.75) is 26.5 Å². The van der Waals surface area contributed by atoms with E-state index in [-0.39, 0.29) is 6.10 Å². The van der Waals surface area contributed by atoms with E-state index in [4.69, 9.17) is 4.74 Å². The molecule has 0 aliphatic carbocycles. The van der Waals surface area contributed by atoms with Gasteiger partial charge in [-0.3, -0.25) is 4.90 Å². The molecule has 0 radical (unpaired) electrons. The average Bonchev–Trinajstić information content (AvgIpc) is 2.93. The van der Waals surface area contributed by atoms with Crippen LogP contribution < -0.4 is 10.1 Å². The Hall–Kier alpha value is -1.85. The Morgan fingerprint density at radius 3 is 2.59 bits per heavy atom. The molecule has 0 unspecified atom stereocenters. The first-order chi connectivity index (χ1) is 10.6. The summed E-state index contributed by atoms with van der Waals surface area (Å²) in [5.41, 5.74) is 2.23. The standard InChI is InChI=1S/C17H26N4O/c1-14(2)22-17-7-5-15(6-8-17)21-16(9-10-19-21)13-20(4)12-11-18-3/h5-10,14,18H,11-13H2,1-4H3. The van der Waals surface area contributed by atoms with Crippen molar-refractivity contribution in [1.82, 2.24) is 20.0 Å². The number of nitrogens with zero attached hydrogens (tertiary/aromatic N) is 3. The lowest BCUT2D eigenvalue weighted by molar-refractivity contribution is 0.242.